The van der Waals surface area contributed by atoms with Gasteiger partial charge in [0.15, 0.2) is 11.7 Å². The van der Waals surface area contributed by atoms with Crippen LogP contribution in [-0.4, -0.2) is 17.6 Å². The fourth-order valence-corrected chi connectivity index (χ4v) is 2.72. The minimum atomic E-state index is -0.969. The summed E-state index contributed by atoms with van der Waals surface area (Å²) in [4.78, 5) is 28.1. The summed E-state index contributed by atoms with van der Waals surface area (Å²) < 4.78 is 0. The Balaban J connectivity index is 1.89. The number of guanidine groups is 1. The molecule has 7 heteroatoms. The molecule has 3 rings (SSSR count). The van der Waals surface area contributed by atoms with E-state index >= 15 is 0 Å². The molecular formula is C20H15N5O2. The number of benzene rings is 2. The molecule has 1 amide bonds. The number of aliphatic imine (C=N–C) groups is 1. The molecule has 2 aromatic carbocycles. The number of nitrogens with zero attached hydrogens (tertiary/aromatic N) is 3. The molecule has 0 aliphatic carbocycles. The van der Waals surface area contributed by atoms with Crippen molar-refractivity contribution in [3.8, 4) is 12.1 Å². The van der Waals surface area contributed by atoms with E-state index in [1.54, 1.807) is 48.5 Å². The van der Waals surface area contributed by atoms with Crippen LogP contribution in [0.4, 0.5) is 5.69 Å². The first-order valence-electron chi connectivity index (χ1n) is 8.18. The number of hydrogen-bond donors (Lipinski definition) is 2. The zero-order valence-electron chi connectivity index (χ0n) is 14.4. The van der Waals surface area contributed by atoms with Crippen molar-refractivity contribution in [2.45, 2.75) is 13.0 Å². The number of carbonyl (C=O) groups excluding carboxylic acids is 2. The van der Waals surface area contributed by atoms with Gasteiger partial charge in [0.25, 0.3) is 0 Å². The molecule has 2 aromatic rings. The summed E-state index contributed by atoms with van der Waals surface area (Å²) in [7, 11) is 0. The second-order valence-electron chi connectivity index (χ2n) is 6.01. The van der Waals surface area contributed by atoms with E-state index in [0.717, 1.165) is 0 Å². The van der Waals surface area contributed by atoms with Gasteiger partial charge < -0.3 is 5.32 Å². The van der Waals surface area contributed by atoms with E-state index in [1.807, 2.05) is 12.1 Å². The average molecular weight is 357 g/mol. The number of Topliss-reactive ketones (excluding diaryl/α,β-unsaturated/α-hetero) is 1. The number of amides is 1. The summed E-state index contributed by atoms with van der Waals surface area (Å²) in [6.07, 6.45) is 0. The molecule has 132 valence electrons. The van der Waals surface area contributed by atoms with E-state index < -0.39 is 17.9 Å². The molecule has 1 aliphatic heterocycles. The van der Waals surface area contributed by atoms with Crippen LogP contribution in [0.1, 0.15) is 34.5 Å². The van der Waals surface area contributed by atoms with Gasteiger partial charge in [0.2, 0.25) is 11.9 Å². The van der Waals surface area contributed by atoms with E-state index in [4.69, 9.17) is 5.26 Å². The Morgan fingerprint density at radius 2 is 1.78 bits per heavy atom. The summed E-state index contributed by atoms with van der Waals surface area (Å²) in [5.41, 5.74) is 2.38. The summed E-state index contributed by atoms with van der Waals surface area (Å²) in [6, 6.07) is 16.7. The van der Waals surface area contributed by atoms with Crippen molar-refractivity contribution < 1.29 is 9.59 Å². The average Bonchev–Trinajstić information content (AvgIpc) is 2.68. The van der Waals surface area contributed by atoms with Crippen molar-refractivity contribution in [3.63, 3.8) is 0 Å². The van der Waals surface area contributed by atoms with Crippen LogP contribution in [-0.2, 0) is 4.79 Å². The van der Waals surface area contributed by atoms with Gasteiger partial charge in [-0.25, -0.2) is 4.99 Å². The summed E-state index contributed by atoms with van der Waals surface area (Å²) in [5.74, 6) is -1.24. The molecule has 0 spiro atoms. The Bertz CT molecular complexity index is 995. The lowest BCUT2D eigenvalue weighted by atomic mass is 9.92. The highest BCUT2D eigenvalue weighted by Crippen LogP contribution is 2.29. The van der Waals surface area contributed by atoms with Crippen LogP contribution in [0, 0.1) is 28.6 Å². The van der Waals surface area contributed by atoms with E-state index in [0.29, 0.717) is 22.4 Å². The number of rotatable bonds is 3. The van der Waals surface area contributed by atoms with Gasteiger partial charge >= 0.3 is 0 Å². The summed E-state index contributed by atoms with van der Waals surface area (Å²) in [5, 5.41) is 23.9. The Morgan fingerprint density at radius 3 is 2.33 bits per heavy atom. The number of carbonyl (C=O) groups is 2. The molecule has 1 aliphatic rings. The molecule has 2 N–H and O–H groups in total. The standard InChI is InChI=1S/C20H15N5O2/c1-12(26)14-6-8-16(9-7-14)23-20-24-18(17(11-22)19(27)25-20)15-4-2-13(10-21)3-5-15/h2-9,17-18H,1H3,(H2,23,24,25,27). The smallest absolute Gasteiger partial charge is 0.246 e. The van der Waals surface area contributed by atoms with Gasteiger partial charge in [-0.2, -0.15) is 10.5 Å². The van der Waals surface area contributed by atoms with Gasteiger partial charge in [-0.1, -0.05) is 12.1 Å². The molecule has 0 aromatic heterocycles. The lowest BCUT2D eigenvalue weighted by Gasteiger charge is -2.25. The van der Waals surface area contributed by atoms with Crippen LogP contribution in [0.2, 0.25) is 0 Å². The second-order valence-corrected chi connectivity index (χ2v) is 6.01. The summed E-state index contributed by atoms with van der Waals surface area (Å²) >= 11 is 0. The topological polar surface area (TPSA) is 118 Å². The molecule has 2 atom stereocenters. The van der Waals surface area contributed by atoms with E-state index in [1.165, 1.54) is 6.92 Å². The molecular weight excluding hydrogens is 342 g/mol. The van der Waals surface area contributed by atoms with Crippen LogP contribution < -0.4 is 10.6 Å². The van der Waals surface area contributed by atoms with Gasteiger partial charge in [-0.15, -0.1) is 0 Å². The van der Waals surface area contributed by atoms with Crippen LogP contribution >= 0.6 is 0 Å². The van der Waals surface area contributed by atoms with Gasteiger partial charge in [-0.05, 0) is 48.9 Å². The third-order valence-corrected chi connectivity index (χ3v) is 4.18. The van der Waals surface area contributed by atoms with Crippen molar-refractivity contribution in [2.75, 3.05) is 5.32 Å². The lowest BCUT2D eigenvalue weighted by molar-refractivity contribution is -0.122. The maximum absolute atomic E-state index is 12.3. The van der Waals surface area contributed by atoms with Gasteiger partial charge in [0, 0.05) is 11.3 Å². The van der Waals surface area contributed by atoms with Crippen molar-refractivity contribution in [2.24, 2.45) is 10.9 Å². The highest BCUT2D eigenvalue weighted by atomic mass is 16.2. The molecule has 27 heavy (non-hydrogen) atoms. The quantitative estimate of drug-likeness (QED) is 0.818. The second kappa shape index (κ2) is 7.51. The van der Waals surface area contributed by atoms with Crippen LogP contribution in [0.5, 0.6) is 0 Å². The predicted octanol–water partition coefficient (Wildman–Crippen LogP) is 2.54. The SMILES string of the molecule is CC(=O)c1ccc(NC2=NC(c3ccc(C#N)cc3)C(C#N)C(=O)N2)cc1. The van der Waals surface area contributed by atoms with Crippen molar-refractivity contribution in [1.29, 1.82) is 10.5 Å². The van der Waals surface area contributed by atoms with Gasteiger partial charge in [0.05, 0.1) is 17.7 Å². The Labute approximate surface area is 156 Å². The Hall–Kier alpha value is -3.97. The van der Waals surface area contributed by atoms with E-state index in [9.17, 15) is 14.9 Å². The van der Waals surface area contributed by atoms with Crippen molar-refractivity contribution >= 4 is 23.3 Å². The van der Waals surface area contributed by atoms with Crippen LogP contribution in [0.3, 0.4) is 0 Å². The Kier molecular flexibility index (Phi) is 4.96. The third kappa shape index (κ3) is 3.83. The molecule has 2 unspecified atom stereocenters. The van der Waals surface area contributed by atoms with E-state index in [-0.39, 0.29) is 11.7 Å². The molecule has 0 bridgehead atoms. The van der Waals surface area contributed by atoms with Gasteiger partial charge in [0.1, 0.15) is 6.04 Å². The fourth-order valence-electron chi connectivity index (χ4n) is 2.72. The summed E-state index contributed by atoms with van der Waals surface area (Å²) in [6.45, 7) is 1.48. The molecule has 1 heterocycles. The maximum Gasteiger partial charge on any atom is 0.246 e. The monoisotopic (exact) mass is 357 g/mol. The number of anilines is 1. The first kappa shape index (κ1) is 17.8. The molecule has 0 radical (unpaired) electrons. The Morgan fingerprint density at radius 1 is 1.11 bits per heavy atom. The zero-order valence-corrected chi connectivity index (χ0v) is 14.4. The molecule has 7 nitrogen and oxygen atoms in total. The third-order valence-electron chi connectivity index (χ3n) is 4.18. The predicted molar refractivity (Wildman–Crippen MR) is 98.6 cm³/mol. The number of nitriles is 2. The minimum absolute atomic E-state index is 0.0393. The molecule has 0 saturated carbocycles. The van der Waals surface area contributed by atoms with E-state index in [2.05, 4.69) is 15.6 Å². The number of hydrogen-bond acceptors (Lipinski definition) is 6. The first-order valence-corrected chi connectivity index (χ1v) is 8.18. The highest BCUT2D eigenvalue weighted by molar-refractivity contribution is 6.07. The number of nitrogens with one attached hydrogen (secondary N) is 2. The maximum atomic E-state index is 12.3. The molecule has 0 fully saturated rings. The molecule has 0 saturated heterocycles. The lowest BCUT2D eigenvalue weighted by Crippen LogP contribution is -2.45. The van der Waals surface area contributed by atoms with Gasteiger partial charge in [-0.3, -0.25) is 14.9 Å². The largest absolute Gasteiger partial charge is 0.326 e. The number of ketones is 1. The van der Waals surface area contributed by atoms with Crippen molar-refractivity contribution in [3.05, 3.63) is 65.2 Å². The normalized spacial score (nSPS) is 18.5. The first-order chi connectivity index (χ1) is 13.0. The van der Waals surface area contributed by atoms with Crippen LogP contribution in [0.25, 0.3) is 0 Å². The highest BCUT2D eigenvalue weighted by Gasteiger charge is 2.34. The van der Waals surface area contributed by atoms with Crippen molar-refractivity contribution in [1.82, 2.24) is 5.32 Å². The zero-order chi connectivity index (χ0) is 19.4. The fraction of sp³-hybridized carbons (Fsp3) is 0.150. The van der Waals surface area contributed by atoms with Crippen LogP contribution in [0.15, 0.2) is 53.5 Å². The minimum Gasteiger partial charge on any atom is -0.326 e.